The Morgan fingerprint density at radius 2 is 2.35 bits per heavy atom. The van der Waals surface area contributed by atoms with Crippen LogP contribution in [0.3, 0.4) is 0 Å². The van der Waals surface area contributed by atoms with Crippen LogP contribution in [0.5, 0.6) is 0 Å². The van der Waals surface area contributed by atoms with Crippen molar-refractivity contribution in [1.29, 1.82) is 0 Å². The van der Waals surface area contributed by atoms with Crippen LogP contribution in [0.15, 0.2) is 12.4 Å². The summed E-state index contributed by atoms with van der Waals surface area (Å²) in [5.74, 6) is -0.937. The van der Waals surface area contributed by atoms with Crippen LogP contribution in [0.4, 0.5) is 5.69 Å². The summed E-state index contributed by atoms with van der Waals surface area (Å²) in [7, 11) is 1.18. The number of nitro groups is 1. The van der Waals surface area contributed by atoms with Crippen molar-refractivity contribution in [3.05, 3.63) is 33.2 Å². The van der Waals surface area contributed by atoms with Crippen LogP contribution in [0.1, 0.15) is 28.5 Å². The Morgan fingerprint density at radius 3 is 2.90 bits per heavy atom. The molecule has 0 aliphatic carbocycles. The minimum atomic E-state index is -0.837. The molecule has 1 atom stereocenters. The molecule has 9 nitrogen and oxygen atoms in total. The molecule has 0 saturated heterocycles. The molecule has 0 aliphatic heterocycles. The van der Waals surface area contributed by atoms with Gasteiger partial charge in [-0.25, -0.2) is 14.5 Å². The fourth-order valence-electron chi connectivity index (χ4n) is 1.44. The smallest absolute Gasteiger partial charge is 0.377 e. The molecular weight excluding hydrogens is 288 g/mol. The average molecular weight is 298 g/mol. The van der Waals surface area contributed by atoms with E-state index in [1.165, 1.54) is 26.4 Å². The molecule has 106 valence electrons. The Morgan fingerprint density at radius 1 is 1.65 bits per heavy atom. The van der Waals surface area contributed by atoms with Gasteiger partial charge in [-0.05, 0) is 6.92 Å². The summed E-state index contributed by atoms with van der Waals surface area (Å²) in [5, 5.41) is 24.5. The number of carbonyl (C=O) groups is 1. The molecule has 10 heteroatoms. The third kappa shape index (κ3) is 2.51. The maximum absolute atomic E-state index is 11.3. The van der Waals surface area contributed by atoms with E-state index in [1.54, 1.807) is 0 Å². The summed E-state index contributed by atoms with van der Waals surface area (Å²) in [6.45, 7) is 1.50. The van der Waals surface area contributed by atoms with E-state index in [9.17, 15) is 20.0 Å². The highest BCUT2D eigenvalue weighted by Gasteiger charge is 2.24. The molecule has 1 unspecified atom stereocenters. The summed E-state index contributed by atoms with van der Waals surface area (Å²) in [4.78, 5) is 25.8. The predicted octanol–water partition coefficient (Wildman–Crippen LogP) is 1.08. The number of methoxy groups -OCH3 is 1. The minimum Gasteiger partial charge on any atom is -0.463 e. The van der Waals surface area contributed by atoms with Gasteiger partial charge in [-0.2, -0.15) is 0 Å². The summed E-state index contributed by atoms with van der Waals surface area (Å²) in [6, 6.07) is 1.27. The van der Waals surface area contributed by atoms with Crippen LogP contribution in [-0.2, 0) is 4.74 Å². The summed E-state index contributed by atoms with van der Waals surface area (Å²) in [6.07, 6.45) is 0.340. The van der Waals surface area contributed by atoms with Crippen molar-refractivity contribution in [3.8, 4) is 5.00 Å². The van der Waals surface area contributed by atoms with E-state index in [2.05, 4.69) is 14.8 Å². The lowest BCUT2D eigenvalue weighted by atomic mass is 10.3. The fourth-order valence-corrected chi connectivity index (χ4v) is 2.42. The molecule has 0 fully saturated rings. The van der Waals surface area contributed by atoms with Crippen molar-refractivity contribution in [1.82, 2.24) is 14.8 Å². The molecule has 0 bridgehead atoms. The van der Waals surface area contributed by atoms with Crippen LogP contribution in [0, 0.1) is 10.1 Å². The topological polar surface area (TPSA) is 120 Å². The van der Waals surface area contributed by atoms with Gasteiger partial charge in [-0.3, -0.25) is 10.1 Å². The summed E-state index contributed by atoms with van der Waals surface area (Å²) >= 11 is 0.998. The Labute approximate surface area is 116 Å². The lowest BCUT2D eigenvalue weighted by molar-refractivity contribution is -0.384. The average Bonchev–Trinajstić information content (AvgIpc) is 3.03. The predicted molar refractivity (Wildman–Crippen MR) is 67.9 cm³/mol. The van der Waals surface area contributed by atoms with Gasteiger partial charge in [0.15, 0.2) is 5.00 Å². The quantitative estimate of drug-likeness (QED) is 0.509. The number of thiophene rings is 1. The molecule has 0 spiro atoms. The van der Waals surface area contributed by atoms with E-state index >= 15 is 0 Å². The third-order valence-electron chi connectivity index (χ3n) is 2.39. The monoisotopic (exact) mass is 298 g/mol. The molecule has 0 aliphatic rings. The maximum Gasteiger partial charge on any atom is 0.377 e. The van der Waals surface area contributed by atoms with Gasteiger partial charge in [0.05, 0.1) is 18.1 Å². The van der Waals surface area contributed by atoms with Crippen LogP contribution in [0.2, 0.25) is 0 Å². The Hall–Kier alpha value is -2.33. The second-order valence-electron chi connectivity index (χ2n) is 3.78. The molecular formula is C10H10N4O5S. The molecule has 2 rings (SSSR count). The van der Waals surface area contributed by atoms with Crippen molar-refractivity contribution in [2.45, 2.75) is 13.0 Å². The van der Waals surface area contributed by atoms with E-state index in [1.807, 2.05) is 0 Å². The minimum absolute atomic E-state index is 0.161. The van der Waals surface area contributed by atoms with Crippen LogP contribution >= 0.6 is 11.3 Å². The first-order valence-electron chi connectivity index (χ1n) is 5.40. The summed E-state index contributed by atoms with van der Waals surface area (Å²) < 4.78 is 5.57. The van der Waals surface area contributed by atoms with Gasteiger partial charge in [-0.15, -0.1) is 16.4 Å². The molecule has 0 radical (unpaired) electrons. The molecule has 0 amide bonds. The molecule has 2 aromatic heterocycles. The van der Waals surface area contributed by atoms with E-state index in [-0.39, 0.29) is 16.5 Å². The van der Waals surface area contributed by atoms with Gasteiger partial charge in [0.2, 0.25) is 0 Å². The zero-order chi connectivity index (χ0) is 14.9. The maximum atomic E-state index is 11.3. The number of hydrogen-bond acceptors (Lipinski definition) is 8. The van der Waals surface area contributed by atoms with Crippen LogP contribution < -0.4 is 0 Å². The largest absolute Gasteiger partial charge is 0.463 e. The zero-order valence-electron chi connectivity index (χ0n) is 10.5. The third-order valence-corrected chi connectivity index (χ3v) is 3.67. The number of carbonyl (C=O) groups excluding carboxylic acids is 1. The number of rotatable bonds is 4. The first-order chi connectivity index (χ1) is 9.43. The lowest BCUT2D eigenvalue weighted by Gasteiger charge is -1.96. The van der Waals surface area contributed by atoms with Crippen molar-refractivity contribution in [2.75, 3.05) is 7.11 Å². The van der Waals surface area contributed by atoms with Gasteiger partial charge >= 0.3 is 11.7 Å². The highest BCUT2D eigenvalue weighted by Crippen LogP contribution is 2.35. The molecule has 2 aromatic rings. The molecule has 2 heterocycles. The van der Waals surface area contributed by atoms with E-state index in [0.717, 1.165) is 16.0 Å². The van der Waals surface area contributed by atoms with Crippen LogP contribution in [0.25, 0.3) is 5.00 Å². The van der Waals surface area contributed by atoms with Crippen molar-refractivity contribution in [2.24, 2.45) is 0 Å². The number of aliphatic hydroxyl groups is 1. The normalized spacial score (nSPS) is 12.2. The number of hydrogen-bond donors (Lipinski definition) is 1. The molecule has 0 saturated carbocycles. The van der Waals surface area contributed by atoms with Crippen molar-refractivity contribution >= 4 is 23.0 Å². The van der Waals surface area contributed by atoms with Gasteiger partial charge < -0.3 is 9.84 Å². The summed E-state index contributed by atoms with van der Waals surface area (Å²) in [5.41, 5.74) is -0.216. The highest BCUT2D eigenvalue weighted by atomic mass is 32.1. The van der Waals surface area contributed by atoms with E-state index < -0.39 is 17.0 Å². The van der Waals surface area contributed by atoms with E-state index in [0.29, 0.717) is 4.88 Å². The Balaban J connectivity index is 2.48. The Bertz CT molecular complexity index is 662. The Kier molecular flexibility index (Phi) is 3.77. The molecule has 1 N–H and O–H groups in total. The van der Waals surface area contributed by atoms with Gasteiger partial charge in [-0.1, -0.05) is 0 Å². The van der Waals surface area contributed by atoms with Crippen molar-refractivity contribution in [3.63, 3.8) is 0 Å². The second kappa shape index (κ2) is 5.35. The highest BCUT2D eigenvalue weighted by molar-refractivity contribution is 7.15. The number of ether oxygens (including phenoxy) is 1. The van der Waals surface area contributed by atoms with Gasteiger partial charge in [0.1, 0.15) is 6.33 Å². The SMILES string of the molecule is COC(=O)c1ncn(-c2sc(C(C)O)cc2[N+](=O)[O-])n1. The first-order valence-corrected chi connectivity index (χ1v) is 6.22. The fraction of sp³-hybridized carbons (Fsp3) is 0.300. The number of aliphatic hydroxyl groups excluding tert-OH is 1. The van der Waals surface area contributed by atoms with Gasteiger partial charge in [0, 0.05) is 10.9 Å². The standard InChI is InChI=1S/C10H10N4O5S/c1-5(15)7-3-6(14(17)18)9(20-7)13-4-11-8(12-13)10(16)19-2/h3-5,15H,1-2H3. The molecule has 0 aromatic carbocycles. The van der Waals surface area contributed by atoms with E-state index in [4.69, 9.17) is 0 Å². The number of aromatic nitrogens is 3. The number of nitrogens with zero attached hydrogens (tertiary/aromatic N) is 4. The first kappa shape index (κ1) is 14.1. The van der Waals surface area contributed by atoms with Crippen LogP contribution in [-0.4, -0.2) is 37.9 Å². The lowest BCUT2D eigenvalue weighted by Crippen LogP contribution is -2.05. The molecule has 20 heavy (non-hydrogen) atoms. The van der Waals surface area contributed by atoms with Crippen molar-refractivity contribution < 1.29 is 19.6 Å². The van der Waals surface area contributed by atoms with Gasteiger partial charge in [0.25, 0.3) is 5.82 Å². The second-order valence-corrected chi connectivity index (χ2v) is 4.84. The zero-order valence-corrected chi connectivity index (χ0v) is 11.3. The number of esters is 1.